The predicted molar refractivity (Wildman–Crippen MR) is 60.4 cm³/mol. The van der Waals surface area contributed by atoms with Gasteiger partial charge >= 0.3 is 16.3 Å². The van der Waals surface area contributed by atoms with Crippen LogP contribution in [0.3, 0.4) is 0 Å². The van der Waals surface area contributed by atoms with Crippen molar-refractivity contribution < 1.29 is 23.1 Å². The SMILES string of the molecule is CC(C)OC(=O)NS(=O)(=O)NCC1CC(O)C1. The first-order chi connectivity index (χ1) is 7.78. The van der Waals surface area contributed by atoms with Crippen LogP contribution in [-0.4, -0.2) is 38.4 Å². The zero-order chi connectivity index (χ0) is 13.1. The van der Waals surface area contributed by atoms with Crippen LogP contribution in [0.2, 0.25) is 0 Å². The standard InChI is InChI=1S/C9H18N2O5S/c1-6(2)16-9(13)11-17(14,15)10-5-7-3-8(12)4-7/h6-8,10,12H,3-5H2,1-2H3,(H,11,13). The van der Waals surface area contributed by atoms with E-state index in [2.05, 4.69) is 9.46 Å². The lowest BCUT2D eigenvalue weighted by molar-refractivity contribution is 0.0452. The summed E-state index contributed by atoms with van der Waals surface area (Å²) in [4.78, 5) is 11.1. The normalized spacial score (nSPS) is 24.2. The number of hydrogen-bond donors (Lipinski definition) is 3. The third kappa shape index (κ3) is 5.33. The Kier molecular flexibility index (Phi) is 4.72. The number of aliphatic hydroxyl groups excluding tert-OH is 1. The molecule has 1 aliphatic carbocycles. The Hall–Kier alpha value is -0.860. The molecule has 1 rings (SSSR count). The van der Waals surface area contributed by atoms with Gasteiger partial charge in [-0.15, -0.1) is 0 Å². The number of nitrogens with one attached hydrogen (secondary N) is 2. The van der Waals surface area contributed by atoms with E-state index in [-0.39, 0.29) is 24.7 Å². The van der Waals surface area contributed by atoms with E-state index in [0.29, 0.717) is 12.8 Å². The van der Waals surface area contributed by atoms with Crippen LogP contribution in [0, 0.1) is 5.92 Å². The molecule has 100 valence electrons. The summed E-state index contributed by atoms with van der Waals surface area (Å²) in [5.74, 6) is 0.127. The van der Waals surface area contributed by atoms with Crippen LogP contribution in [0.1, 0.15) is 26.7 Å². The molecule has 1 amide bonds. The molecule has 1 aliphatic rings. The van der Waals surface area contributed by atoms with E-state index in [1.807, 2.05) is 0 Å². The van der Waals surface area contributed by atoms with Gasteiger partial charge in [0.05, 0.1) is 12.2 Å². The number of rotatable bonds is 5. The molecule has 0 unspecified atom stereocenters. The molecule has 1 saturated carbocycles. The Morgan fingerprint density at radius 1 is 1.47 bits per heavy atom. The van der Waals surface area contributed by atoms with E-state index >= 15 is 0 Å². The van der Waals surface area contributed by atoms with Gasteiger partial charge in [-0.2, -0.15) is 13.1 Å². The first-order valence-electron chi connectivity index (χ1n) is 5.44. The van der Waals surface area contributed by atoms with Gasteiger partial charge < -0.3 is 9.84 Å². The summed E-state index contributed by atoms with van der Waals surface area (Å²) in [6.07, 6.45) is -0.547. The number of carbonyl (C=O) groups excluding carboxylic acids is 1. The van der Waals surface area contributed by atoms with Gasteiger partial charge in [-0.1, -0.05) is 0 Å². The lowest BCUT2D eigenvalue weighted by atomic mass is 9.83. The van der Waals surface area contributed by atoms with Gasteiger partial charge in [0, 0.05) is 6.54 Å². The molecular formula is C9H18N2O5S. The largest absolute Gasteiger partial charge is 0.446 e. The molecule has 0 bridgehead atoms. The van der Waals surface area contributed by atoms with E-state index in [1.165, 1.54) is 0 Å². The van der Waals surface area contributed by atoms with Crippen LogP contribution in [0.4, 0.5) is 4.79 Å². The van der Waals surface area contributed by atoms with Crippen LogP contribution in [0.5, 0.6) is 0 Å². The van der Waals surface area contributed by atoms with Gasteiger partial charge in [0.25, 0.3) is 0 Å². The third-order valence-electron chi connectivity index (χ3n) is 2.33. The minimum Gasteiger partial charge on any atom is -0.446 e. The monoisotopic (exact) mass is 266 g/mol. The van der Waals surface area contributed by atoms with Crippen molar-refractivity contribution >= 4 is 16.3 Å². The minimum atomic E-state index is -3.87. The number of hydrogen-bond acceptors (Lipinski definition) is 5. The highest BCUT2D eigenvalue weighted by Gasteiger charge is 2.28. The fraction of sp³-hybridized carbons (Fsp3) is 0.889. The molecule has 0 aromatic rings. The van der Waals surface area contributed by atoms with Gasteiger partial charge in [0.15, 0.2) is 0 Å². The van der Waals surface area contributed by atoms with Crippen LogP contribution >= 0.6 is 0 Å². The maximum atomic E-state index is 11.4. The van der Waals surface area contributed by atoms with Gasteiger partial charge in [0.1, 0.15) is 0 Å². The van der Waals surface area contributed by atoms with E-state index in [0.717, 1.165) is 0 Å². The summed E-state index contributed by atoms with van der Waals surface area (Å²) < 4.78 is 31.3. The topological polar surface area (TPSA) is 105 Å². The Balaban J connectivity index is 2.28. The highest BCUT2D eigenvalue weighted by atomic mass is 32.2. The quantitative estimate of drug-likeness (QED) is 0.635. The first kappa shape index (κ1) is 14.2. The molecule has 7 nitrogen and oxygen atoms in total. The Morgan fingerprint density at radius 2 is 2.06 bits per heavy atom. The second-order valence-corrected chi connectivity index (χ2v) is 5.90. The van der Waals surface area contributed by atoms with E-state index in [4.69, 9.17) is 5.11 Å². The summed E-state index contributed by atoms with van der Waals surface area (Å²) in [6.45, 7) is 3.45. The highest BCUT2D eigenvalue weighted by molar-refractivity contribution is 7.88. The molecule has 0 saturated heterocycles. The smallest absolute Gasteiger partial charge is 0.422 e. The molecule has 3 N–H and O–H groups in total. The maximum absolute atomic E-state index is 11.4. The Bertz CT molecular complexity index is 362. The molecule has 0 heterocycles. The van der Waals surface area contributed by atoms with E-state index < -0.39 is 16.3 Å². The second kappa shape index (κ2) is 5.65. The van der Waals surface area contributed by atoms with E-state index in [9.17, 15) is 13.2 Å². The summed E-state index contributed by atoms with van der Waals surface area (Å²) in [5, 5.41) is 9.03. The van der Waals surface area contributed by atoms with Gasteiger partial charge in [-0.25, -0.2) is 9.52 Å². The number of aliphatic hydroxyl groups is 1. The average Bonchev–Trinajstić information content (AvgIpc) is 2.07. The van der Waals surface area contributed by atoms with Gasteiger partial charge in [0.2, 0.25) is 0 Å². The van der Waals surface area contributed by atoms with Crippen molar-refractivity contribution in [3.8, 4) is 0 Å². The van der Waals surface area contributed by atoms with Crippen molar-refractivity contribution in [2.24, 2.45) is 5.92 Å². The lowest BCUT2D eigenvalue weighted by Gasteiger charge is -2.31. The summed E-state index contributed by atoms with van der Waals surface area (Å²) in [5.41, 5.74) is 0. The zero-order valence-electron chi connectivity index (χ0n) is 9.84. The molecule has 0 aromatic heterocycles. The third-order valence-corrected chi connectivity index (χ3v) is 3.32. The minimum absolute atomic E-state index is 0.127. The van der Waals surface area contributed by atoms with Crippen LogP contribution in [0.25, 0.3) is 0 Å². The zero-order valence-corrected chi connectivity index (χ0v) is 10.7. The molecule has 17 heavy (non-hydrogen) atoms. The molecular weight excluding hydrogens is 248 g/mol. The van der Waals surface area contributed by atoms with Crippen molar-refractivity contribution in [3.05, 3.63) is 0 Å². The van der Waals surface area contributed by atoms with Gasteiger partial charge in [-0.3, -0.25) is 0 Å². The molecule has 8 heteroatoms. The highest BCUT2D eigenvalue weighted by Crippen LogP contribution is 2.26. The fourth-order valence-corrected chi connectivity index (χ4v) is 2.27. The van der Waals surface area contributed by atoms with Crippen molar-refractivity contribution in [2.45, 2.75) is 38.9 Å². The Labute approximate surface area is 101 Å². The Morgan fingerprint density at radius 3 is 2.53 bits per heavy atom. The van der Waals surface area contributed by atoms with Crippen molar-refractivity contribution in [2.75, 3.05) is 6.54 Å². The molecule has 0 radical (unpaired) electrons. The van der Waals surface area contributed by atoms with E-state index in [1.54, 1.807) is 18.6 Å². The second-order valence-electron chi connectivity index (χ2n) is 4.40. The van der Waals surface area contributed by atoms with Gasteiger partial charge in [-0.05, 0) is 32.6 Å². The van der Waals surface area contributed by atoms with Crippen molar-refractivity contribution in [1.29, 1.82) is 0 Å². The molecule has 0 aliphatic heterocycles. The average molecular weight is 266 g/mol. The van der Waals surface area contributed by atoms with Crippen LogP contribution < -0.4 is 9.44 Å². The summed E-state index contributed by atoms with van der Waals surface area (Å²) >= 11 is 0. The lowest BCUT2D eigenvalue weighted by Crippen LogP contribution is -2.45. The van der Waals surface area contributed by atoms with Crippen molar-refractivity contribution in [1.82, 2.24) is 9.44 Å². The first-order valence-corrected chi connectivity index (χ1v) is 6.93. The fourth-order valence-electron chi connectivity index (χ4n) is 1.48. The predicted octanol–water partition coefficient (Wildman–Crippen LogP) is -0.274. The summed E-state index contributed by atoms with van der Waals surface area (Å²) in [7, 11) is -3.87. The molecule has 0 atom stereocenters. The summed E-state index contributed by atoms with van der Waals surface area (Å²) in [6, 6.07) is 0. The molecule has 0 spiro atoms. The maximum Gasteiger partial charge on any atom is 0.422 e. The number of amides is 1. The molecule has 1 fully saturated rings. The number of ether oxygens (including phenoxy) is 1. The van der Waals surface area contributed by atoms with Crippen LogP contribution in [0.15, 0.2) is 0 Å². The van der Waals surface area contributed by atoms with Crippen LogP contribution in [-0.2, 0) is 14.9 Å². The van der Waals surface area contributed by atoms with Crippen molar-refractivity contribution in [3.63, 3.8) is 0 Å². The molecule has 0 aromatic carbocycles. The number of carbonyl (C=O) groups is 1.